The topological polar surface area (TPSA) is 38.5 Å². The Labute approximate surface area is 150 Å². The average molecular weight is 342 g/mol. The molecule has 0 bridgehead atoms. The van der Waals surface area contributed by atoms with Crippen LogP contribution in [0.25, 0.3) is 11.0 Å². The van der Waals surface area contributed by atoms with E-state index in [1.807, 2.05) is 12.1 Å². The van der Waals surface area contributed by atoms with E-state index in [1.165, 1.54) is 63.6 Å². The van der Waals surface area contributed by atoms with Gasteiger partial charge in [-0.25, -0.2) is 0 Å². The third-order valence-electron chi connectivity index (χ3n) is 6.10. The Balaban J connectivity index is 1.23. The van der Waals surface area contributed by atoms with Crippen LogP contribution in [-0.4, -0.2) is 35.8 Å². The Morgan fingerprint density at radius 1 is 1.12 bits per heavy atom. The van der Waals surface area contributed by atoms with Gasteiger partial charge < -0.3 is 14.2 Å². The summed E-state index contributed by atoms with van der Waals surface area (Å²) in [6.45, 7) is 5.36. The molecule has 0 atom stereocenters. The van der Waals surface area contributed by atoms with Crippen LogP contribution < -0.4 is 4.74 Å². The molecule has 1 aromatic carbocycles. The zero-order valence-electron chi connectivity index (χ0n) is 15.4. The predicted molar refractivity (Wildman–Crippen MR) is 100 cm³/mol. The molecular formula is C21H30N2O2. The van der Waals surface area contributed by atoms with Crippen molar-refractivity contribution in [2.75, 3.05) is 19.7 Å². The fraction of sp³-hybridized carbons (Fsp3) is 0.667. The van der Waals surface area contributed by atoms with Crippen LogP contribution in [0.4, 0.5) is 0 Å². The molecule has 1 aliphatic heterocycles. The van der Waals surface area contributed by atoms with E-state index in [-0.39, 0.29) is 0 Å². The van der Waals surface area contributed by atoms with E-state index in [1.54, 1.807) is 0 Å². The third kappa shape index (κ3) is 4.00. The van der Waals surface area contributed by atoms with E-state index in [0.29, 0.717) is 5.88 Å². The summed E-state index contributed by atoms with van der Waals surface area (Å²) in [5.74, 6) is 1.44. The van der Waals surface area contributed by atoms with Gasteiger partial charge in [0.2, 0.25) is 0 Å². The van der Waals surface area contributed by atoms with Gasteiger partial charge in [-0.2, -0.15) is 0 Å². The van der Waals surface area contributed by atoms with Crippen LogP contribution in [0.2, 0.25) is 0 Å². The van der Waals surface area contributed by atoms with Crippen molar-refractivity contribution in [3.05, 3.63) is 23.8 Å². The molecule has 2 fully saturated rings. The number of aromatic nitrogens is 1. The first kappa shape index (κ1) is 16.9. The first-order chi connectivity index (χ1) is 12.3. The molecule has 0 radical (unpaired) electrons. The first-order valence-corrected chi connectivity index (χ1v) is 10.0. The van der Waals surface area contributed by atoms with Crippen LogP contribution in [0.5, 0.6) is 5.88 Å². The number of ether oxygens (including phenoxy) is 1. The van der Waals surface area contributed by atoms with Crippen molar-refractivity contribution in [1.29, 1.82) is 0 Å². The standard InChI is InChI=1S/C21H30N2O2/c1-16-7-8-19-20(15-16)25-22-21(19)24-14-11-17-9-12-23(13-10-17)18-5-3-2-4-6-18/h7-8,15,17-18H,2-6,9-14H2,1H3. The molecule has 0 N–H and O–H groups in total. The molecule has 2 aromatic rings. The largest absolute Gasteiger partial charge is 0.475 e. The summed E-state index contributed by atoms with van der Waals surface area (Å²) in [6, 6.07) is 7.00. The lowest BCUT2D eigenvalue weighted by Gasteiger charge is -2.39. The SMILES string of the molecule is Cc1ccc2c(OCCC3CCN(C4CCCCC4)CC3)noc2c1. The van der Waals surface area contributed by atoms with Crippen molar-refractivity contribution in [2.45, 2.75) is 64.3 Å². The summed E-state index contributed by atoms with van der Waals surface area (Å²) < 4.78 is 11.3. The van der Waals surface area contributed by atoms with Crippen molar-refractivity contribution in [2.24, 2.45) is 5.92 Å². The Kier molecular flexibility index (Phi) is 5.25. The highest BCUT2D eigenvalue weighted by molar-refractivity contribution is 5.82. The predicted octanol–water partition coefficient (Wildman–Crippen LogP) is 4.95. The molecule has 1 saturated carbocycles. The third-order valence-corrected chi connectivity index (χ3v) is 6.10. The zero-order chi connectivity index (χ0) is 17.1. The van der Waals surface area contributed by atoms with Crippen molar-refractivity contribution >= 4 is 11.0 Å². The normalized spacial score (nSPS) is 21.0. The highest BCUT2D eigenvalue weighted by Crippen LogP contribution is 2.29. The molecule has 2 heterocycles. The Morgan fingerprint density at radius 2 is 1.92 bits per heavy atom. The first-order valence-electron chi connectivity index (χ1n) is 10.0. The fourth-order valence-corrected chi connectivity index (χ4v) is 4.50. The molecule has 2 aliphatic rings. The summed E-state index contributed by atoms with van der Waals surface area (Å²) in [6.07, 6.45) is 10.9. The Morgan fingerprint density at radius 3 is 2.72 bits per heavy atom. The van der Waals surface area contributed by atoms with Gasteiger partial charge in [-0.05, 0) is 80.9 Å². The lowest BCUT2D eigenvalue weighted by molar-refractivity contribution is 0.0986. The minimum Gasteiger partial charge on any atom is -0.475 e. The molecule has 4 heteroatoms. The molecule has 4 nitrogen and oxygen atoms in total. The Hall–Kier alpha value is -1.55. The summed E-state index contributed by atoms with van der Waals surface area (Å²) in [4.78, 5) is 2.75. The second-order valence-corrected chi connectivity index (χ2v) is 7.90. The summed E-state index contributed by atoms with van der Waals surface area (Å²) >= 11 is 0. The highest BCUT2D eigenvalue weighted by atomic mass is 16.5. The van der Waals surface area contributed by atoms with E-state index < -0.39 is 0 Å². The van der Waals surface area contributed by atoms with Gasteiger partial charge in [-0.1, -0.05) is 25.3 Å². The number of likely N-dealkylation sites (tertiary alicyclic amines) is 1. The number of rotatable bonds is 5. The van der Waals surface area contributed by atoms with Crippen molar-refractivity contribution < 1.29 is 9.26 Å². The highest BCUT2D eigenvalue weighted by Gasteiger charge is 2.26. The van der Waals surface area contributed by atoms with Gasteiger partial charge in [0.1, 0.15) is 0 Å². The molecule has 1 aliphatic carbocycles. The smallest absolute Gasteiger partial charge is 0.262 e. The monoisotopic (exact) mass is 342 g/mol. The summed E-state index contributed by atoms with van der Waals surface area (Å²) in [5, 5.41) is 5.07. The van der Waals surface area contributed by atoms with Gasteiger partial charge in [0, 0.05) is 6.04 Å². The number of piperidine rings is 1. The van der Waals surface area contributed by atoms with Gasteiger partial charge in [0.05, 0.1) is 12.0 Å². The molecule has 0 unspecified atom stereocenters. The molecule has 0 amide bonds. The van der Waals surface area contributed by atoms with E-state index in [9.17, 15) is 0 Å². The molecule has 1 aromatic heterocycles. The number of hydrogen-bond acceptors (Lipinski definition) is 4. The molecule has 4 rings (SSSR count). The minimum atomic E-state index is 0.648. The molecule has 1 saturated heterocycles. The van der Waals surface area contributed by atoms with Crippen LogP contribution >= 0.6 is 0 Å². The maximum Gasteiger partial charge on any atom is 0.262 e. The van der Waals surface area contributed by atoms with Crippen LogP contribution in [0.3, 0.4) is 0 Å². The number of aryl methyl sites for hydroxylation is 1. The quantitative estimate of drug-likeness (QED) is 0.770. The molecule has 0 spiro atoms. The lowest BCUT2D eigenvalue weighted by atomic mass is 9.89. The average Bonchev–Trinajstić information content (AvgIpc) is 3.05. The second kappa shape index (κ2) is 7.77. The number of fused-ring (bicyclic) bond motifs is 1. The van der Waals surface area contributed by atoms with Crippen LogP contribution in [0.1, 0.15) is 56.9 Å². The molecule has 136 valence electrons. The maximum absolute atomic E-state index is 5.93. The fourth-order valence-electron chi connectivity index (χ4n) is 4.50. The van der Waals surface area contributed by atoms with Crippen LogP contribution in [-0.2, 0) is 0 Å². The molecular weight excluding hydrogens is 312 g/mol. The van der Waals surface area contributed by atoms with Gasteiger partial charge in [0.15, 0.2) is 5.58 Å². The second-order valence-electron chi connectivity index (χ2n) is 7.90. The van der Waals surface area contributed by atoms with Gasteiger partial charge >= 0.3 is 0 Å². The number of nitrogens with zero attached hydrogens (tertiary/aromatic N) is 2. The summed E-state index contributed by atoms with van der Waals surface area (Å²) in [5.41, 5.74) is 2.00. The maximum atomic E-state index is 5.93. The van der Waals surface area contributed by atoms with Crippen molar-refractivity contribution in [3.8, 4) is 5.88 Å². The number of hydrogen-bond donors (Lipinski definition) is 0. The van der Waals surface area contributed by atoms with E-state index in [2.05, 4.69) is 23.0 Å². The lowest BCUT2D eigenvalue weighted by Crippen LogP contribution is -2.42. The van der Waals surface area contributed by atoms with Gasteiger partial charge in [0.25, 0.3) is 5.88 Å². The van der Waals surface area contributed by atoms with E-state index in [4.69, 9.17) is 9.26 Å². The van der Waals surface area contributed by atoms with Crippen LogP contribution in [0.15, 0.2) is 22.7 Å². The van der Waals surface area contributed by atoms with Gasteiger partial charge in [-0.15, -0.1) is 0 Å². The minimum absolute atomic E-state index is 0.648. The van der Waals surface area contributed by atoms with Gasteiger partial charge in [-0.3, -0.25) is 0 Å². The van der Waals surface area contributed by atoms with Crippen LogP contribution in [0, 0.1) is 12.8 Å². The van der Waals surface area contributed by atoms with Crippen molar-refractivity contribution in [1.82, 2.24) is 10.1 Å². The van der Waals surface area contributed by atoms with E-state index in [0.717, 1.165) is 36.0 Å². The van der Waals surface area contributed by atoms with Crippen molar-refractivity contribution in [3.63, 3.8) is 0 Å². The number of benzene rings is 1. The Bertz CT molecular complexity index is 682. The van der Waals surface area contributed by atoms with E-state index >= 15 is 0 Å². The zero-order valence-corrected chi connectivity index (χ0v) is 15.4. The summed E-state index contributed by atoms with van der Waals surface area (Å²) in [7, 11) is 0. The molecule has 25 heavy (non-hydrogen) atoms.